The average molecular weight is 299 g/mol. The van der Waals surface area contributed by atoms with Gasteiger partial charge >= 0.3 is 6.09 Å². The van der Waals surface area contributed by atoms with E-state index in [9.17, 15) is 9.59 Å². The quantitative estimate of drug-likeness (QED) is 0.771. The summed E-state index contributed by atoms with van der Waals surface area (Å²) < 4.78 is 5.66. The first-order chi connectivity index (χ1) is 10.7. The fraction of sp³-hybridized carbons (Fsp3) is 0.176. The highest BCUT2D eigenvalue weighted by Gasteiger charge is 2.10. The van der Waals surface area contributed by atoms with Crippen molar-refractivity contribution in [3.63, 3.8) is 0 Å². The summed E-state index contributed by atoms with van der Waals surface area (Å²) in [6.45, 7) is 0.484. The third-order valence-electron chi connectivity index (χ3n) is 3.10. The molecule has 0 saturated heterocycles. The standard InChI is InChI=1S/C17H17NO4/c19-11-15(18-17(20)21)10-13-6-8-16(9-7-13)22-12-14-4-2-1-3-5-14/h1-9,11,15,18H,10,12H2,(H,20,21)/t15-/m0/s1. The molecule has 0 aliphatic rings. The van der Waals surface area contributed by atoms with E-state index in [1.165, 1.54) is 0 Å². The van der Waals surface area contributed by atoms with Crippen LogP contribution in [0.3, 0.4) is 0 Å². The third-order valence-corrected chi connectivity index (χ3v) is 3.10. The molecule has 0 aliphatic carbocycles. The Morgan fingerprint density at radius 3 is 2.36 bits per heavy atom. The highest BCUT2D eigenvalue weighted by Crippen LogP contribution is 2.15. The second kappa shape index (κ2) is 7.83. The van der Waals surface area contributed by atoms with Gasteiger partial charge in [-0.05, 0) is 29.7 Å². The van der Waals surface area contributed by atoms with Gasteiger partial charge in [0.1, 0.15) is 18.6 Å². The maximum absolute atomic E-state index is 10.8. The second-order valence-corrected chi connectivity index (χ2v) is 4.81. The molecule has 1 amide bonds. The molecule has 0 aromatic heterocycles. The Labute approximate surface area is 128 Å². The maximum Gasteiger partial charge on any atom is 0.405 e. The van der Waals surface area contributed by atoms with Crippen LogP contribution in [0.2, 0.25) is 0 Å². The number of amides is 1. The molecule has 114 valence electrons. The molecule has 0 spiro atoms. The first-order valence-corrected chi connectivity index (χ1v) is 6.88. The van der Waals surface area contributed by atoms with Gasteiger partial charge < -0.3 is 20.0 Å². The monoisotopic (exact) mass is 299 g/mol. The first kappa shape index (κ1) is 15.6. The van der Waals surface area contributed by atoms with Crippen molar-refractivity contribution in [1.29, 1.82) is 0 Å². The van der Waals surface area contributed by atoms with Gasteiger partial charge in [0.15, 0.2) is 0 Å². The van der Waals surface area contributed by atoms with E-state index in [1.807, 2.05) is 42.5 Å². The van der Waals surface area contributed by atoms with Crippen molar-refractivity contribution in [1.82, 2.24) is 5.32 Å². The molecule has 0 radical (unpaired) electrons. The summed E-state index contributed by atoms with van der Waals surface area (Å²) in [7, 11) is 0. The number of carbonyl (C=O) groups excluding carboxylic acids is 1. The minimum Gasteiger partial charge on any atom is -0.489 e. The predicted molar refractivity (Wildman–Crippen MR) is 81.9 cm³/mol. The lowest BCUT2D eigenvalue weighted by atomic mass is 10.1. The highest BCUT2D eigenvalue weighted by atomic mass is 16.5. The van der Waals surface area contributed by atoms with E-state index in [0.29, 0.717) is 19.3 Å². The lowest BCUT2D eigenvalue weighted by Gasteiger charge is -2.11. The molecule has 2 N–H and O–H groups in total. The maximum atomic E-state index is 10.8. The van der Waals surface area contributed by atoms with Gasteiger partial charge in [-0.1, -0.05) is 42.5 Å². The molecule has 5 heteroatoms. The van der Waals surface area contributed by atoms with Crippen LogP contribution in [0.25, 0.3) is 0 Å². The number of aldehydes is 1. The minimum atomic E-state index is -1.21. The average Bonchev–Trinajstić information content (AvgIpc) is 2.54. The molecule has 2 aromatic carbocycles. The Bertz CT molecular complexity index is 610. The van der Waals surface area contributed by atoms with E-state index in [0.717, 1.165) is 16.9 Å². The molecular weight excluding hydrogens is 282 g/mol. The molecule has 5 nitrogen and oxygen atoms in total. The predicted octanol–water partition coefficient (Wildman–Crippen LogP) is 2.64. The molecule has 0 unspecified atom stereocenters. The van der Waals surface area contributed by atoms with Crippen LogP contribution in [0.5, 0.6) is 5.75 Å². The molecule has 2 aromatic rings. The summed E-state index contributed by atoms with van der Waals surface area (Å²) in [5, 5.41) is 10.8. The van der Waals surface area contributed by atoms with E-state index in [-0.39, 0.29) is 0 Å². The summed E-state index contributed by atoms with van der Waals surface area (Å²) in [6.07, 6.45) is -0.303. The summed E-state index contributed by atoms with van der Waals surface area (Å²) in [5.41, 5.74) is 1.94. The number of carboxylic acid groups (broad SMARTS) is 1. The van der Waals surface area contributed by atoms with E-state index < -0.39 is 12.1 Å². The number of carbonyl (C=O) groups is 2. The van der Waals surface area contributed by atoms with Crippen LogP contribution in [0.4, 0.5) is 4.79 Å². The molecule has 22 heavy (non-hydrogen) atoms. The van der Waals surface area contributed by atoms with Gasteiger partial charge in [0.05, 0.1) is 6.04 Å². The van der Waals surface area contributed by atoms with E-state index >= 15 is 0 Å². The van der Waals surface area contributed by atoms with Gasteiger partial charge in [-0.25, -0.2) is 4.79 Å². The zero-order valence-electron chi connectivity index (χ0n) is 11.9. The number of hydrogen-bond acceptors (Lipinski definition) is 3. The smallest absolute Gasteiger partial charge is 0.405 e. The molecule has 1 atom stereocenters. The van der Waals surface area contributed by atoms with E-state index in [2.05, 4.69) is 5.32 Å². The van der Waals surface area contributed by atoms with Crippen molar-refractivity contribution in [3.05, 3.63) is 65.7 Å². The van der Waals surface area contributed by atoms with Gasteiger partial charge in [0.25, 0.3) is 0 Å². The van der Waals surface area contributed by atoms with Crippen molar-refractivity contribution < 1.29 is 19.4 Å². The Balaban J connectivity index is 1.89. The molecular formula is C17H17NO4. The zero-order valence-corrected chi connectivity index (χ0v) is 11.9. The van der Waals surface area contributed by atoms with Crippen LogP contribution in [0, 0.1) is 0 Å². The molecule has 0 heterocycles. The highest BCUT2D eigenvalue weighted by molar-refractivity contribution is 5.71. The van der Waals surface area contributed by atoms with E-state index in [1.54, 1.807) is 12.1 Å². The van der Waals surface area contributed by atoms with Crippen molar-refractivity contribution in [2.45, 2.75) is 19.1 Å². The van der Waals surface area contributed by atoms with Crippen molar-refractivity contribution in [2.75, 3.05) is 0 Å². The fourth-order valence-corrected chi connectivity index (χ4v) is 2.01. The Kier molecular flexibility index (Phi) is 5.54. The van der Waals surface area contributed by atoms with Crippen molar-refractivity contribution >= 4 is 12.4 Å². The minimum absolute atomic E-state index is 0.314. The van der Waals surface area contributed by atoms with Crippen molar-refractivity contribution in [2.24, 2.45) is 0 Å². The van der Waals surface area contributed by atoms with Gasteiger partial charge in [0.2, 0.25) is 0 Å². The largest absolute Gasteiger partial charge is 0.489 e. The normalized spacial score (nSPS) is 11.5. The fourth-order valence-electron chi connectivity index (χ4n) is 2.01. The number of ether oxygens (including phenoxy) is 1. The topological polar surface area (TPSA) is 75.6 Å². The summed E-state index contributed by atoms with van der Waals surface area (Å²) >= 11 is 0. The van der Waals surface area contributed by atoms with Gasteiger partial charge in [-0.2, -0.15) is 0 Å². The lowest BCUT2D eigenvalue weighted by molar-refractivity contribution is -0.109. The summed E-state index contributed by atoms with van der Waals surface area (Å²) in [5.74, 6) is 0.724. The van der Waals surface area contributed by atoms with Gasteiger partial charge in [0, 0.05) is 0 Å². The van der Waals surface area contributed by atoms with E-state index in [4.69, 9.17) is 9.84 Å². The second-order valence-electron chi connectivity index (χ2n) is 4.81. The molecule has 0 saturated carbocycles. The summed E-state index contributed by atoms with van der Waals surface area (Å²) in [6, 6.07) is 16.3. The lowest BCUT2D eigenvalue weighted by Crippen LogP contribution is -2.36. The zero-order chi connectivity index (χ0) is 15.8. The summed E-state index contributed by atoms with van der Waals surface area (Å²) in [4.78, 5) is 21.4. The van der Waals surface area contributed by atoms with Gasteiger partial charge in [-0.3, -0.25) is 0 Å². The SMILES string of the molecule is O=C[C@H](Cc1ccc(OCc2ccccc2)cc1)NC(=O)O. The molecule has 0 fully saturated rings. The molecule has 0 aliphatic heterocycles. The Hall–Kier alpha value is -2.82. The number of nitrogens with one attached hydrogen (secondary N) is 1. The van der Waals surface area contributed by atoms with Crippen LogP contribution >= 0.6 is 0 Å². The van der Waals surface area contributed by atoms with Crippen LogP contribution in [0.15, 0.2) is 54.6 Å². The third kappa shape index (κ3) is 4.94. The number of benzene rings is 2. The first-order valence-electron chi connectivity index (χ1n) is 6.88. The molecule has 0 bridgehead atoms. The van der Waals surface area contributed by atoms with Crippen LogP contribution in [-0.2, 0) is 17.8 Å². The molecule has 2 rings (SSSR count). The van der Waals surface area contributed by atoms with Crippen LogP contribution in [-0.4, -0.2) is 23.5 Å². The number of rotatable bonds is 7. The van der Waals surface area contributed by atoms with Crippen LogP contribution < -0.4 is 10.1 Å². The number of hydrogen-bond donors (Lipinski definition) is 2. The Morgan fingerprint density at radius 1 is 1.09 bits per heavy atom. The van der Waals surface area contributed by atoms with Crippen LogP contribution in [0.1, 0.15) is 11.1 Å². The van der Waals surface area contributed by atoms with Crippen molar-refractivity contribution in [3.8, 4) is 5.75 Å². The van der Waals surface area contributed by atoms with Gasteiger partial charge in [-0.15, -0.1) is 0 Å². The Morgan fingerprint density at radius 2 is 1.77 bits per heavy atom.